The molecule has 0 fully saturated rings. The molecule has 0 spiro atoms. The lowest BCUT2D eigenvalue weighted by molar-refractivity contribution is -0.141. The molecular weight excluding hydrogens is 401 g/mol. The van der Waals surface area contributed by atoms with Crippen LogP contribution in [0.5, 0.6) is 0 Å². The average molecular weight is 420 g/mol. The Morgan fingerprint density at radius 2 is 1.90 bits per heavy atom. The van der Waals surface area contributed by atoms with Crippen molar-refractivity contribution >= 4 is 11.7 Å². The number of aromatic nitrogens is 6. The number of hydrogen-bond donors (Lipinski definition) is 1. The van der Waals surface area contributed by atoms with Crippen molar-refractivity contribution in [2.24, 2.45) is 0 Å². The Balaban J connectivity index is 1.70. The highest BCUT2D eigenvalue weighted by atomic mass is 19.4. The molecule has 0 aliphatic rings. The number of carbonyl (C=O) groups is 1. The minimum Gasteiger partial charge on any atom is -0.367 e. The van der Waals surface area contributed by atoms with Crippen LogP contribution in [0.2, 0.25) is 0 Å². The summed E-state index contributed by atoms with van der Waals surface area (Å²) in [6.45, 7) is 3.79. The van der Waals surface area contributed by atoms with Gasteiger partial charge in [-0.15, -0.1) is 4.80 Å². The first kappa shape index (κ1) is 21.1. The second kappa shape index (κ2) is 8.43. The van der Waals surface area contributed by atoms with E-state index >= 15 is 0 Å². The molecule has 0 bridgehead atoms. The van der Waals surface area contributed by atoms with Crippen LogP contribution in [0.25, 0.3) is 5.69 Å². The third kappa shape index (κ3) is 4.70. The summed E-state index contributed by atoms with van der Waals surface area (Å²) in [4.78, 5) is 27.2. The molecule has 3 heterocycles. The van der Waals surface area contributed by atoms with Gasteiger partial charge in [-0.25, -0.2) is 15.0 Å². The van der Waals surface area contributed by atoms with Crippen molar-refractivity contribution in [2.45, 2.75) is 26.1 Å². The molecule has 3 aromatic rings. The minimum atomic E-state index is -4.55. The molecule has 0 unspecified atom stereocenters. The molecule has 0 aliphatic heterocycles. The van der Waals surface area contributed by atoms with Crippen molar-refractivity contribution in [1.82, 2.24) is 34.8 Å². The first-order valence-electron chi connectivity index (χ1n) is 8.91. The number of anilines is 1. The number of hydrogen-bond acceptors (Lipinski definition) is 7. The number of nitrogens with zero attached hydrogens (tertiary/aromatic N) is 7. The van der Waals surface area contributed by atoms with Crippen molar-refractivity contribution in [2.75, 3.05) is 18.9 Å². The lowest BCUT2D eigenvalue weighted by Gasteiger charge is -2.25. The Kier molecular flexibility index (Phi) is 5.94. The molecule has 1 amide bonds. The molecule has 0 saturated carbocycles. The number of rotatable bonds is 6. The van der Waals surface area contributed by atoms with E-state index in [2.05, 4.69) is 30.5 Å². The molecule has 30 heavy (non-hydrogen) atoms. The van der Waals surface area contributed by atoms with Crippen molar-refractivity contribution < 1.29 is 18.0 Å². The van der Waals surface area contributed by atoms with Crippen LogP contribution >= 0.6 is 0 Å². The van der Waals surface area contributed by atoms with E-state index in [1.165, 1.54) is 22.1 Å². The van der Waals surface area contributed by atoms with Crippen LogP contribution in [-0.2, 0) is 6.18 Å². The Hall–Kier alpha value is -3.57. The molecule has 0 radical (unpaired) electrons. The first-order chi connectivity index (χ1) is 14.2. The molecule has 3 aromatic heterocycles. The predicted molar refractivity (Wildman–Crippen MR) is 101 cm³/mol. The topological polar surface area (TPSA) is 102 Å². The summed E-state index contributed by atoms with van der Waals surface area (Å²) in [7, 11) is 1.61. The van der Waals surface area contributed by atoms with Gasteiger partial charge in [0.05, 0.1) is 24.8 Å². The van der Waals surface area contributed by atoms with Crippen LogP contribution in [0.3, 0.4) is 0 Å². The lowest BCUT2D eigenvalue weighted by Crippen LogP contribution is -2.40. The highest BCUT2D eigenvalue weighted by Gasteiger charge is 2.32. The lowest BCUT2D eigenvalue weighted by atomic mass is 10.2. The van der Waals surface area contributed by atoms with Gasteiger partial charge in [0.2, 0.25) is 0 Å². The molecule has 0 aliphatic carbocycles. The molecule has 9 nitrogen and oxygen atoms in total. The Labute approximate surface area is 170 Å². The molecule has 12 heteroatoms. The highest BCUT2D eigenvalue weighted by Crippen LogP contribution is 2.26. The maximum absolute atomic E-state index is 13.0. The SMILES string of the molecule is Cc1ccc(-n2nccn2)c(C(=O)N(C)[C@@H](C)CNc2cnc(C(F)(F)F)cn2)n1. The summed E-state index contributed by atoms with van der Waals surface area (Å²) in [5.41, 5.74) is 0.221. The molecule has 0 saturated heterocycles. The zero-order chi connectivity index (χ0) is 21.9. The second-order valence-corrected chi connectivity index (χ2v) is 6.57. The van der Waals surface area contributed by atoms with Crippen LogP contribution < -0.4 is 5.32 Å². The molecule has 1 N–H and O–H groups in total. The van der Waals surface area contributed by atoms with E-state index in [-0.39, 0.29) is 30.0 Å². The fraction of sp³-hybridized carbons (Fsp3) is 0.333. The third-order valence-corrected chi connectivity index (χ3v) is 4.35. The monoisotopic (exact) mass is 420 g/mol. The van der Waals surface area contributed by atoms with E-state index in [1.807, 2.05) is 0 Å². The van der Waals surface area contributed by atoms with Gasteiger partial charge >= 0.3 is 6.18 Å². The number of aryl methyl sites for hydroxylation is 1. The van der Waals surface area contributed by atoms with Gasteiger partial charge in [-0.1, -0.05) is 0 Å². The zero-order valence-corrected chi connectivity index (χ0v) is 16.4. The Bertz CT molecular complexity index is 1010. The minimum absolute atomic E-state index is 0.172. The maximum Gasteiger partial charge on any atom is 0.434 e. The zero-order valence-electron chi connectivity index (χ0n) is 16.4. The quantitative estimate of drug-likeness (QED) is 0.653. The second-order valence-electron chi connectivity index (χ2n) is 6.57. The summed E-state index contributed by atoms with van der Waals surface area (Å²) < 4.78 is 37.7. The number of amides is 1. The fourth-order valence-electron chi connectivity index (χ4n) is 2.53. The largest absolute Gasteiger partial charge is 0.434 e. The van der Waals surface area contributed by atoms with Gasteiger partial charge in [0, 0.05) is 25.3 Å². The molecular formula is C18H19F3N8O. The Morgan fingerprint density at radius 3 is 2.50 bits per heavy atom. The van der Waals surface area contributed by atoms with E-state index in [4.69, 9.17) is 0 Å². The predicted octanol–water partition coefficient (Wildman–Crippen LogP) is 2.35. The van der Waals surface area contributed by atoms with Crippen molar-refractivity contribution in [1.29, 1.82) is 0 Å². The normalized spacial score (nSPS) is 12.5. The molecule has 1 atom stereocenters. The van der Waals surface area contributed by atoms with Gasteiger partial charge in [0.25, 0.3) is 5.91 Å². The maximum atomic E-state index is 13.0. The number of carbonyl (C=O) groups excluding carboxylic acids is 1. The van der Waals surface area contributed by atoms with Crippen LogP contribution in [0, 0.1) is 6.92 Å². The van der Waals surface area contributed by atoms with Gasteiger partial charge in [-0.05, 0) is 26.0 Å². The van der Waals surface area contributed by atoms with E-state index in [9.17, 15) is 18.0 Å². The number of nitrogens with one attached hydrogen (secondary N) is 1. The van der Waals surface area contributed by atoms with E-state index in [1.54, 1.807) is 33.0 Å². The van der Waals surface area contributed by atoms with Crippen LogP contribution in [-0.4, -0.2) is 60.4 Å². The summed E-state index contributed by atoms with van der Waals surface area (Å²) in [5, 5.41) is 11.0. The van der Waals surface area contributed by atoms with E-state index < -0.39 is 11.9 Å². The van der Waals surface area contributed by atoms with Crippen molar-refractivity contribution in [3.63, 3.8) is 0 Å². The first-order valence-corrected chi connectivity index (χ1v) is 8.91. The van der Waals surface area contributed by atoms with Crippen LogP contribution in [0.15, 0.2) is 36.9 Å². The number of pyridine rings is 1. The molecule has 0 aromatic carbocycles. The van der Waals surface area contributed by atoms with Gasteiger partial charge in [0.15, 0.2) is 11.4 Å². The van der Waals surface area contributed by atoms with Crippen LogP contribution in [0.4, 0.5) is 19.0 Å². The van der Waals surface area contributed by atoms with E-state index in [0.29, 0.717) is 17.6 Å². The van der Waals surface area contributed by atoms with E-state index in [0.717, 1.165) is 6.20 Å². The number of halogens is 3. The standard InChI is InChI=1S/C18H19F3N8O/c1-11-4-5-13(29-25-6-7-26-29)16(27-11)17(30)28(3)12(2)8-23-15-10-22-14(9-24-15)18(19,20)21/h4-7,9-10,12H,8H2,1-3H3,(H,23,24)/t12-/m0/s1. The summed E-state index contributed by atoms with van der Waals surface area (Å²) >= 11 is 0. The third-order valence-electron chi connectivity index (χ3n) is 4.35. The van der Waals surface area contributed by atoms with Gasteiger partial charge in [-0.2, -0.15) is 23.4 Å². The number of likely N-dealkylation sites (N-methyl/N-ethyl adjacent to an activating group) is 1. The smallest absolute Gasteiger partial charge is 0.367 e. The fourth-order valence-corrected chi connectivity index (χ4v) is 2.53. The Morgan fingerprint density at radius 1 is 1.20 bits per heavy atom. The summed E-state index contributed by atoms with van der Waals surface area (Å²) in [6.07, 6.45) is 0.0984. The molecule has 158 valence electrons. The summed E-state index contributed by atoms with van der Waals surface area (Å²) in [6, 6.07) is 3.13. The molecule has 3 rings (SSSR count). The highest BCUT2D eigenvalue weighted by molar-refractivity contribution is 5.95. The summed E-state index contributed by atoms with van der Waals surface area (Å²) in [5.74, 6) is -0.176. The van der Waals surface area contributed by atoms with Crippen LogP contribution in [0.1, 0.15) is 28.8 Å². The van der Waals surface area contributed by atoms with Crippen molar-refractivity contribution in [3.8, 4) is 5.69 Å². The van der Waals surface area contributed by atoms with Gasteiger partial charge in [0.1, 0.15) is 11.5 Å². The average Bonchev–Trinajstić information content (AvgIpc) is 3.25. The van der Waals surface area contributed by atoms with Gasteiger partial charge in [-0.3, -0.25) is 4.79 Å². The van der Waals surface area contributed by atoms with Gasteiger partial charge < -0.3 is 10.2 Å². The van der Waals surface area contributed by atoms with Crippen molar-refractivity contribution in [3.05, 3.63) is 54.0 Å². The number of alkyl halides is 3.